The molecule has 1 N–H and O–H groups in total. The number of rotatable bonds is 1. The number of anilines is 1. The molecule has 1 heterocycles. The normalized spacial score (nSPS) is 18.8. The third-order valence-corrected chi connectivity index (χ3v) is 4.17. The molecule has 0 radical (unpaired) electrons. The molecule has 1 fully saturated rings. The van der Waals surface area contributed by atoms with E-state index in [1.807, 2.05) is 6.92 Å². The van der Waals surface area contributed by atoms with Crippen LogP contribution in [0.5, 0.6) is 0 Å². The zero-order valence-corrected chi connectivity index (χ0v) is 12.7. The Morgan fingerprint density at radius 1 is 1.25 bits per heavy atom. The molecule has 1 aliphatic rings. The average Bonchev–Trinajstić information content (AvgIpc) is 2.42. The summed E-state index contributed by atoms with van der Waals surface area (Å²) in [5, 5.41) is 3.29. The molecule has 108 valence electrons. The minimum Gasteiger partial charge on any atom is -0.332 e. The van der Waals surface area contributed by atoms with Gasteiger partial charge in [-0.1, -0.05) is 23.2 Å². The first-order valence-electron chi connectivity index (χ1n) is 6.56. The Morgan fingerprint density at radius 2 is 2.00 bits per heavy atom. The highest BCUT2D eigenvalue weighted by Crippen LogP contribution is 2.25. The minimum atomic E-state index is -0.642. The van der Waals surface area contributed by atoms with Crippen molar-refractivity contribution in [3.8, 4) is 0 Å². The van der Waals surface area contributed by atoms with Crippen molar-refractivity contribution in [1.29, 1.82) is 0 Å². The van der Waals surface area contributed by atoms with Crippen LogP contribution >= 0.6 is 23.2 Å². The highest BCUT2D eigenvalue weighted by molar-refractivity contribution is 6.42. The Kier molecular flexibility index (Phi) is 4.89. The van der Waals surface area contributed by atoms with E-state index in [4.69, 9.17) is 23.2 Å². The maximum Gasteiger partial charge on any atom is 0.313 e. The van der Waals surface area contributed by atoms with Crippen LogP contribution in [0.25, 0.3) is 0 Å². The molecule has 1 atom stereocenters. The summed E-state index contributed by atoms with van der Waals surface area (Å²) in [5.41, 5.74) is 0.461. The van der Waals surface area contributed by atoms with E-state index in [1.165, 1.54) is 6.07 Å². The van der Waals surface area contributed by atoms with Gasteiger partial charge < -0.3 is 10.2 Å². The van der Waals surface area contributed by atoms with Gasteiger partial charge in [0, 0.05) is 18.3 Å². The predicted octanol–water partition coefficient (Wildman–Crippen LogP) is 3.33. The second-order valence-electron chi connectivity index (χ2n) is 4.93. The lowest BCUT2D eigenvalue weighted by atomic mass is 10.0. The minimum absolute atomic E-state index is 0.107. The Bertz CT molecular complexity index is 534. The van der Waals surface area contributed by atoms with Gasteiger partial charge >= 0.3 is 11.8 Å². The van der Waals surface area contributed by atoms with E-state index in [1.54, 1.807) is 17.0 Å². The van der Waals surface area contributed by atoms with Crippen LogP contribution in [0.15, 0.2) is 18.2 Å². The zero-order valence-electron chi connectivity index (χ0n) is 11.2. The van der Waals surface area contributed by atoms with Crippen LogP contribution in [0, 0.1) is 0 Å². The smallest absolute Gasteiger partial charge is 0.313 e. The topological polar surface area (TPSA) is 49.4 Å². The highest BCUT2D eigenvalue weighted by Gasteiger charge is 2.28. The maximum atomic E-state index is 12.1. The predicted molar refractivity (Wildman–Crippen MR) is 80.1 cm³/mol. The molecule has 2 rings (SSSR count). The number of benzene rings is 1. The van der Waals surface area contributed by atoms with Crippen molar-refractivity contribution in [2.45, 2.75) is 32.2 Å². The van der Waals surface area contributed by atoms with Crippen molar-refractivity contribution >= 4 is 40.7 Å². The molecule has 4 nitrogen and oxygen atoms in total. The SMILES string of the molecule is CC1CCCCN1C(=O)C(=O)Nc1ccc(Cl)c(Cl)c1. The van der Waals surface area contributed by atoms with Crippen molar-refractivity contribution < 1.29 is 9.59 Å². The van der Waals surface area contributed by atoms with Crippen LogP contribution in [-0.4, -0.2) is 29.3 Å². The molecule has 6 heteroatoms. The van der Waals surface area contributed by atoms with Gasteiger partial charge in [-0.3, -0.25) is 9.59 Å². The van der Waals surface area contributed by atoms with Crippen molar-refractivity contribution in [2.75, 3.05) is 11.9 Å². The summed E-state index contributed by atoms with van der Waals surface area (Å²) in [7, 11) is 0. The fraction of sp³-hybridized carbons (Fsp3) is 0.429. The van der Waals surface area contributed by atoms with Gasteiger partial charge in [0.1, 0.15) is 0 Å². The van der Waals surface area contributed by atoms with E-state index < -0.39 is 11.8 Å². The third-order valence-electron chi connectivity index (χ3n) is 3.44. The zero-order chi connectivity index (χ0) is 14.7. The molecule has 1 aromatic carbocycles. The number of nitrogens with one attached hydrogen (secondary N) is 1. The van der Waals surface area contributed by atoms with Crippen LogP contribution in [0.3, 0.4) is 0 Å². The van der Waals surface area contributed by atoms with Gasteiger partial charge in [0.05, 0.1) is 10.0 Å². The van der Waals surface area contributed by atoms with Crippen molar-refractivity contribution in [1.82, 2.24) is 4.90 Å². The second kappa shape index (κ2) is 6.46. The Morgan fingerprint density at radius 3 is 2.65 bits per heavy atom. The number of amides is 2. The fourth-order valence-electron chi connectivity index (χ4n) is 2.29. The molecule has 1 saturated heterocycles. The van der Waals surface area contributed by atoms with Gasteiger partial charge in [-0.15, -0.1) is 0 Å². The first kappa shape index (κ1) is 15.1. The summed E-state index contributed by atoms with van der Waals surface area (Å²) in [4.78, 5) is 25.7. The molecule has 0 aromatic heterocycles. The molecule has 0 saturated carbocycles. The van der Waals surface area contributed by atoms with Crippen LogP contribution in [0.1, 0.15) is 26.2 Å². The standard InChI is InChI=1S/C14H16Cl2N2O2/c1-9-4-2-3-7-18(9)14(20)13(19)17-10-5-6-11(15)12(16)8-10/h5-6,8-9H,2-4,7H2,1H3,(H,17,19). The van der Waals surface area contributed by atoms with Gasteiger partial charge in [0.2, 0.25) is 0 Å². The van der Waals surface area contributed by atoms with Crippen LogP contribution in [-0.2, 0) is 9.59 Å². The molecular weight excluding hydrogens is 299 g/mol. The molecule has 1 unspecified atom stereocenters. The van der Waals surface area contributed by atoms with E-state index >= 15 is 0 Å². The first-order chi connectivity index (χ1) is 9.49. The summed E-state index contributed by atoms with van der Waals surface area (Å²) < 4.78 is 0. The van der Waals surface area contributed by atoms with Gasteiger partial charge in [-0.2, -0.15) is 0 Å². The molecule has 0 bridgehead atoms. The van der Waals surface area contributed by atoms with Crippen molar-refractivity contribution in [3.63, 3.8) is 0 Å². The number of carbonyl (C=O) groups excluding carboxylic acids is 2. The van der Waals surface area contributed by atoms with E-state index in [9.17, 15) is 9.59 Å². The number of hydrogen-bond acceptors (Lipinski definition) is 2. The lowest BCUT2D eigenvalue weighted by molar-refractivity contribution is -0.145. The maximum absolute atomic E-state index is 12.1. The molecule has 20 heavy (non-hydrogen) atoms. The second-order valence-corrected chi connectivity index (χ2v) is 5.74. The monoisotopic (exact) mass is 314 g/mol. The quantitative estimate of drug-likeness (QED) is 0.808. The lowest BCUT2D eigenvalue weighted by Gasteiger charge is -2.32. The van der Waals surface area contributed by atoms with Crippen LogP contribution in [0.2, 0.25) is 10.0 Å². The lowest BCUT2D eigenvalue weighted by Crippen LogP contribution is -2.47. The van der Waals surface area contributed by atoms with Gasteiger partial charge in [0.25, 0.3) is 0 Å². The number of piperidine rings is 1. The summed E-state index contributed by atoms with van der Waals surface area (Å²) in [6.45, 7) is 2.60. The number of halogens is 2. The van der Waals surface area contributed by atoms with E-state index in [-0.39, 0.29) is 6.04 Å². The van der Waals surface area contributed by atoms with Gasteiger partial charge in [-0.25, -0.2) is 0 Å². The molecule has 0 spiro atoms. The first-order valence-corrected chi connectivity index (χ1v) is 7.31. The average molecular weight is 315 g/mol. The molecule has 2 amide bonds. The van der Waals surface area contributed by atoms with Gasteiger partial charge in [0.15, 0.2) is 0 Å². The van der Waals surface area contributed by atoms with Crippen molar-refractivity contribution in [3.05, 3.63) is 28.2 Å². The van der Waals surface area contributed by atoms with E-state index in [0.717, 1.165) is 19.3 Å². The Hall–Kier alpha value is -1.26. The fourth-order valence-corrected chi connectivity index (χ4v) is 2.59. The Labute approximate surface area is 128 Å². The molecule has 0 aliphatic carbocycles. The highest BCUT2D eigenvalue weighted by atomic mass is 35.5. The molecule has 1 aromatic rings. The summed E-state index contributed by atoms with van der Waals surface area (Å²) in [6.07, 6.45) is 2.97. The van der Waals surface area contributed by atoms with Crippen molar-refractivity contribution in [2.24, 2.45) is 0 Å². The largest absolute Gasteiger partial charge is 0.332 e. The van der Waals surface area contributed by atoms with Crippen LogP contribution in [0.4, 0.5) is 5.69 Å². The van der Waals surface area contributed by atoms with E-state index in [0.29, 0.717) is 22.3 Å². The summed E-state index contributed by atoms with van der Waals surface area (Å²) >= 11 is 11.7. The Balaban J connectivity index is 2.03. The number of likely N-dealkylation sites (tertiary alicyclic amines) is 1. The summed E-state index contributed by atoms with van der Waals surface area (Å²) in [6, 6.07) is 4.82. The number of hydrogen-bond donors (Lipinski definition) is 1. The van der Waals surface area contributed by atoms with E-state index in [2.05, 4.69) is 5.32 Å². The number of carbonyl (C=O) groups is 2. The van der Waals surface area contributed by atoms with Crippen LogP contribution < -0.4 is 5.32 Å². The van der Waals surface area contributed by atoms with Gasteiger partial charge in [-0.05, 0) is 44.4 Å². The number of nitrogens with zero attached hydrogens (tertiary/aromatic N) is 1. The third kappa shape index (κ3) is 3.44. The summed E-state index contributed by atoms with van der Waals surface area (Å²) in [5.74, 6) is -1.14. The molecule has 1 aliphatic heterocycles. The molecular formula is C14H16Cl2N2O2.